The number of ether oxygens (including phenoxy) is 2. The van der Waals surface area contributed by atoms with Gasteiger partial charge in [0.2, 0.25) is 12.4 Å². The molecule has 1 aromatic heterocycles. The Morgan fingerprint density at radius 2 is 1.57 bits per heavy atom. The van der Waals surface area contributed by atoms with E-state index in [1.54, 1.807) is 36.7 Å². The SMILES string of the molecule is [O-]C(=N[n+]1ccncc1)c1ccc(COc2ccc(OC(F)(F)F)cc2)cc1. The predicted molar refractivity (Wildman–Crippen MR) is 90.3 cm³/mol. The summed E-state index contributed by atoms with van der Waals surface area (Å²) in [6, 6.07) is 11.8. The van der Waals surface area contributed by atoms with Crippen molar-refractivity contribution in [3.63, 3.8) is 0 Å². The van der Waals surface area contributed by atoms with E-state index in [-0.39, 0.29) is 12.4 Å². The number of alkyl halides is 3. The van der Waals surface area contributed by atoms with Crippen molar-refractivity contribution in [1.29, 1.82) is 0 Å². The number of rotatable bonds is 6. The molecule has 1 heterocycles. The third-order valence-electron chi connectivity index (χ3n) is 3.48. The van der Waals surface area contributed by atoms with Crippen LogP contribution >= 0.6 is 0 Å². The molecule has 28 heavy (non-hydrogen) atoms. The van der Waals surface area contributed by atoms with Crippen LogP contribution in [-0.2, 0) is 6.61 Å². The average molecular weight is 389 g/mol. The Kier molecular flexibility index (Phi) is 5.73. The molecule has 0 N–H and O–H groups in total. The van der Waals surface area contributed by atoms with E-state index >= 15 is 0 Å². The first-order valence-corrected chi connectivity index (χ1v) is 8.04. The van der Waals surface area contributed by atoms with Crippen LogP contribution in [0, 0.1) is 0 Å². The Morgan fingerprint density at radius 3 is 2.18 bits per heavy atom. The van der Waals surface area contributed by atoms with Crippen LogP contribution in [0.25, 0.3) is 0 Å². The molecule has 0 aliphatic heterocycles. The summed E-state index contributed by atoms with van der Waals surface area (Å²) in [5.74, 6) is -0.346. The van der Waals surface area contributed by atoms with Crippen LogP contribution in [0.4, 0.5) is 13.2 Å². The average Bonchev–Trinajstić information content (AvgIpc) is 2.67. The molecule has 3 aromatic rings. The van der Waals surface area contributed by atoms with E-state index in [0.717, 1.165) is 5.56 Å². The molecule has 0 saturated carbocycles. The molecule has 0 aliphatic rings. The van der Waals surface area contributed by atoms with Crippen LogP contribution in [0.15, 0.2) is 78.4 Å². The molecule has 6 nitrogen and oxygen atoms in total. The van der Waals surface area contributed by atoms with Crippen LogP contribution in [0.3, 0.4) is 0 Å². The standard InChI is InChI=1S/C19H14F3N3O3/c20-19(21,22)28-17-7-5-16(6-8-17)27-13-14-1-3-15(4-2-14)18(26)24-25-11-9-23-10-12-25/h1-12H,13H2. The van der Waals surface area contributed by atoms with E-state index in [0.29, 0.717) is 11.3 Å². The van der Waals surface area contributed by atoms with Gasteiger partial charge >= 0.3 is 6.36 Å². The van der Waals surface area contributed by atoms with Crippen molar-refractivity contribution in [2.45, 2.75) is 13.0 Å². The second kappa shape index (κ2) is 8.38. The zero-order valence-corrected chi connectivity index (χ0v) is 14.3. The van der Waals surface area contributed by atoms with Gasteiger partial charge in [-0.2, -0.15) is 0 Å². The summed E-state index contributed by atoms with van der Waals surface area (Å²) in [5.41, 5.74) is 1.19. The van der Waals surface area contributed by atoms with Crippen LogP contribution in [0.5, 0.6) is 11.5 Å². The number of hydrogen-bond donors (Lipinski definition) is 0. The van der Waals surface area contributed by atoms with E-state index in [4.69, 9.17) is 4.74 Å². The summed E-state index contributed by atoms with van der Waals surface area (Å²) < 4.78 is 47.1. The second-order valence-electron chi connectivity index (χ2n) is 5.54. The minimum atomic E-state index is -4.73. The highest BCUT2D eigenvalue weighted by Gasteiger charge is 2.30. The Morgan fingerprint density at radius 1 is 0.964 bits per heavy atom. The fourth-order valence-electron chi connectivity index (χ4n) is 2.19. The summed E-state index contributed by atoms with van der Waals surface area (Å²) in [6.07, 6.45) is 1.39. The highest BCUT2D eigenvalue weighted by Crippen LogP contribution is 2.25. The maximum Gasteiger partial charge on any atom is 0.573 e. The summed E-state index contributed by atoms with van der Waals surface area (Å²) in [7, 11) is 0. The minimum Gasteiger partial charge on any atom is -0.854 e. The maximum absolute atomic E-state index is 12.1. The number of nitrogens with zero attached hydrogens (tertiary/aromatic N) is 3. The lowest BCUT2D eigenvalue weighted by Crippen LogP contribution is -2.33. The van der Waals surface area contributed by atoms with E-state index in [2.05, 4.69) is 14.8 Å². The van der Waals surface area contributed by atoms with Gasteiger partial charge in [-0.05, 0) is 40.5 Å². The summed E-state index contributed by atoms with van der Waals surface area (Å²) >= 11 is 0. The second-order valence-corrected chi connectivity index (χ2v) is 5.54. The van der Waals surface area contributed by atoms with Crippen molar-refractivity contribution in [2.75, 3.05) is 0 Å². The fourth-order valence-corrected chi connectivity index (χ4v) is 2.19. The van der Waals surface area contributed by atoms with Gasteiger partial charge in [-0.15, -0.1) is 13.2 Å². The van der Waals surface area contributed by atoms with E-state index in [1.165, 1.54) is 41.3 Å². The first-order chi connectivity index (χ1) is 13.4. The van der Waals surface area contributed by atoms with Gasteiger partial charge in [-0.25, -0.2) is 0 Å². The van der Waals surface area contributed by atoms with Crippen LogP contribution in [0.2, 0.25) is 0 Å². The number of halogens is 3. The first-order valence-electron chi connectivity index (χ1n) is 8.04. The quantitative estimate of drug-likeness (QED) is 0.369. The van der Waals surface area contributed by atoms with Crippen LogP contribution in [-0.4, -0.2) is 17.2 Å². The first kappa shape index (κ1) is 19.2. The van der Waals surface area contributed by atoms with E-state index < -0.39 is 12.3 Å². The Hall–Kier alpha value is -3.62. The lowest BCUT2D eigenvalue weighted by atomic mass is 10.1. The normalized spacial score (nSPS) is 11.9. The number of benzene rings is 2. The van der Waals surface area contributed by atoms with Gasteiger partial charge in [0.1, 0.15) is 18.1 Å². The number of hydrogen-bond acceptors (Lipinski definition) is 5. The minimum absolute atomic E-state index is 0.185. The highest BCUT2D eigenvalue weighted by molar-refractivity contribution is 5.90. The van der Waals surface area contributed by atoms with Crippen LogP contribution in [0.1, 0.15) is 11.1 Å². The molecule has 0 spiro atoms. The van der Waals surface area contributed by atoms with Gasteiger partial charge in [0.05, 0.1) is 18.3 Å². The van der Waals surface area contributed by atoms with Gasteiger partial charge in [0, 0.05) is 0 Å². The lowest BCUT2D eigenvalue weighted by Gasteiger charge is -2.11. The van der Waals surface area contributed by atoms with Crippen molar-refractivity contribution in [1.82, 2.24) is 4.98 Å². The monoisotopic (exact) mass is 389 g/mol. The molecule has 3 rings (SSSR count). The van der Waals surface area contributed by atoms with Gasteiger partial charge in [0.25, 0.3) is 0 Å². The highest BCUT2D eigenvalue weighted by atomic mass is 19.4. The van der Waals surface area contributed by atoms with Gasteiger partial charge in [0.15, 0.2) is 0 Å². The maximum atomic E-state index is 12.1. The molecule has 0 fully saturated rings. The molecule has 0 radical (unpaired) electrons. The van der Waals surface area contributed by atoms with Gasteiger partial charge < -0.3 is 14.6 Å². The van der Waals surface area contributed by atoms with E-state index in [1.807, 2.05) is 0 Å². The Bertz CT molecular complexity index is 929. The van der Waals surface area contributed by atoms with Crippen molar-refractivity contribution in [3.05, 3.63) is 84.4 Å². The molecule has 144 valence electrons. The van der Waals surface area contributed by atoms with Crippen molar-refractivity contribution in [3.8, 4) is 11.5 Å². The predicted octanol–water partition coefficient (Wildman–Crippen LogP) is 2.42. The van der Waals surface area contributed by atoms with Gasteiger partial charge in [-0.1, -0.05) is 28.9 Å². The zero-order valence-electron chi connectivity index (χ0n) is 14.3. The molecule has 0 bridgehead atoms. The third kappa shape index (κ3) is 5.70. The molecule has 0 amide bonds. The smallest absolute Gasteiger partial charge is 0.573 e. The largest absolute Gasteiger partial charge is 0.854 e. The summed E-state index contributed by atoms with van der Waals surface area (Å²) in [5, 5.41) is 16.0. The molecule has 0 aliphatic carbocycles. The van der Waals surface area contributed by atoms with Crippen molar-refractivity contribution in [2.24, 2.45) is 5.10 Å². The summed E-state index contributed by atoms with van der Waals surface area (Å²) in [6.45, 7) is 0.185. The molecular weight excluding hydrogens is 375 g/mol. The summed E-state index contributed by atoms with van der Waals surface area (Å²) in [4.78, 5) is 3.84. The van der Waals surface area contributed by atoms with E-state index in [9.17, 15) is 18.3 Å². The number of aromatic nitrogens is 2. The molecule has 9 heteroatoms. The molecule has 0 atom stereocenters. The topological polar surface area (TPSA) is 70.7 Å². The van der Waals surface area contributed by atoms with Gasteiger partial charge in [-0.3, -0.25) is 4.98 Å². The van der Waals surface area contributed by atoms with Crippen molar-refractivity contribution < 1.29 is 32.4 Å². The third-order valence-corrected chi connectivity index (χ3v) is 3.48. The molecular formula is C19H14F3N3O3. The zero-order chi connectivity index (χ0) is 20.0. The molecule has 0 unspecified atom stereocenters. The van der Waals surface area contributed by atoms with Crippen LogP contribution < -0.4 is 19.3 Å². The molecule has 0 saturated heterocycles. The Balaban J connectivity index is 1.58. The Labute approximate surface area is 158 Å². The van der Waals surface area contributed by atoms with Crippen molar-refractivity contribution >= 4 is 5.90 Å². The fraction of sp³-hybridized carbons (Fsp3) is 0.105. The molecule has 2 aromatic carbocycles. The lowest BCUT2D eigenvalue weighted by molar-refractivity contribution is -0.682.